The molecule has 1 N–H and O–H groups in total. The van der Waals surface area contributed by atoms with Gasteiger partial charge >= 0.3 is 5.97 Å². The number of carboxylic acids is 1. The van der Waals surface area contributed by atoms with Crippen LogP contribution in [0.4, 0.5) is 0 Å². The summed E-state index contributed by atoms with van der Waals surface area (Å²) in [5.41, 5.74) is -0.0412. The molecule has 0 aliphatic rings. The smallest absolute Gasteiger partial charge is 0.354 e. The number of hydrogen-bond donors (Lipinski definition) is 1. The van der Waals surface area contributed by atoms with E-state index in [-0.39, 0.29) is 17.5 Å². The normalized spacial score (nSPS) is 10.3. The zero-order valence-electron chi connectivity index (χ0n) is 8.31. The van der Waals surface area contributed by atoms with E-state index in [0.29, 0.717) is 5.82 Å². The van der Waals surface area contributed by atoms with Crippen molar-refractivity contribution in [3.63, 3.8) is 0 Å². The lowest BCUT2D eigenvalue weighted by molar-refractivity contribution is 0.0689. The third-order valence-corrected chi connectivity index (χ3v) is 1.66. The van der Waals surface area contributed by atoms with E-state index in [1.807, 2.05) is 13.8 Å². The summed E-state index contributed by atoms with van der Waals surface area (Å²) < 4.78 is 4.88. The lowest BCUT2D eigenvalue weighted by Crippen LogP contribution is -2.07. The predicted molar refractivity (Wildman–Crippen MR) is 49.6 cm³/mol. The largest absolute Gasteiger partial charge is 0.481 e. The maximum atomic E-state index is 10.7. The van der Waals surface area contributed by atoms with Crippen molar-refractivity contribution in [2.45, 2.75) is 19.8 Å². The molecule has 0 aliphatic carbocycles. The zero-order chi connectivity index (χ0) is 10.7. The van der Waals surface area contributed by atoms with Crippen LogP contribution in [0.3, 0.4) is 0 Å². The summed E-state index contributed by atoms with van der Waals surface area (Å²) >= 11 is 0. The van der Waals surface area contributed by atoms with Crippen LogP contribution < -0.4 is 4.74 Å². The highest BCUT2D eigenvalue weighted by atomic mass is 16.5. The number of methoxy groups -OCH3 is 1. The van der Waals surface area contributed by atoms with Crippen molar-refractivity contribution in [3.8, 4) is 5.88 Å². The van der Waals surface area contributed by atoms with Crippen LogP contribution in [0, 0.1) is 0 Å². The van der Waals surface area contributed by atoms with E-state index in [9.17, 15) is 4.79 Å². The Morgan fingerprint density at radius 2 is 2.14 bits per heavy atom. The summed E-state index contributed by atoms with van der Waals surface area (Å²) in [6.45, 7) is 3.78. The molecule has 5 heteroatoms. The van der Waals surface area contributed by atoms with Gasteiger partial charge in [0.15, 0.2) is 5.69 Å². The molecule has 0 aromatic carbocycles. The lowest BCUT2D eigenvalue weighted by Gasteiger charge is -2.06. The van der Waals surface area contributed by atoms with Gasteiger partial charge < -0.3 is 9.84 Å². The van der Waals surface area contributed by atoms with Gasteiger partial charge in [-0.3, -0.25) is 0 Å². The second-order valence-electron chi connectivity index (χ2n) is 3.11. The van der Waals surface area contributed by atoms with Gasteiger partial charge in [0.05, 0.1) is 7.11 Å². The van der Waals surface area contributed by atoms with Crippen LogP contribution in [0.2, 0.25) is 0 Å². The minimum absolute atomic E-state index is 0.0412. The third-order valence-electron chi connectivity index (χ3n) is 1.66. The van der Waals surface area contributed by atoms with Gasteiger partial charge in [-0.2, -0.15) is 4.98 Å². The minimum Gasteiger partial charge on any atom is -0.481 e. The molecular formula is C9H12N2O3. The molecule has 1 heterocycles. The number of rotatable bonds is 3. The fraction of sp³-hybridized carbons (Fsp3) is 0.444. The van der Waals surface area contributed by atoms with Gasteiger partial charge in [-0.15, -0.1) is 0 Å². The van der Waals surface area contributed by atoms with Crippen LogP contribution in [-0.4, -0.2) is 28.2 Å². The van der Waals surface area contributed by atoms with E-state index in [1.165, 1.54) is 13.2 Å². The molecule has 0 amide bonds. The monoisotopic (exact) mass is 196 g/mol. The maximum Gasteiger partial charge on any atom is 0.354 e. The second kappa shape index (κ2) is 4.04. The first-order valence-corrected chi connectivity index (χ1v) is 4.21. The molecule has 1 rings (SSSR count). The quantitative estimate of drug-likeness (QED) is 0.788. The molecule has 0 spiro atoms. The Labute approximate surface area is 81.8 Å². The SMILES string of the molecule is COc1cc(C(=O)O)nc(C(C)C)n1. The van der Waals surface area contributed by atoms with Crippen LogP contribution in [0.15, 0.2) is 6.07 Å². The number of ether oxygens (including phenoxy) is 1. The van der Waals surface area contributed by atoms with Crippen molar-refractivity contribution < 1.29 is 14.6 Å². The first-order valence-electron chi connectivity index (χ1n) is 4.21. The first-order chi connectivity index (χ1) is 6.54. The van der Waals surface area contributed by atoms with Crippen LogP contribution >= 0.6 is 0 Å². The Morgan fingerprint density at radius 3 is 2.57 bits per heavy atom. The number of aromatic carboxylic acids is 1. The molecule has 0 fully saturated rings. The summed E-state index contributed by atoms with van der Waals surface area (Å²) in [7, 11) is 1.44. The van der Waals surface area contributed by atoms with Gasteiger partial charge in [-0.05, 0) is 0 Å². The van der Waals surface area contributed by atoms with Crippen molar-refractivity contribution in [1.29, 1.82) is 0 Å². The molecule has 5 nitrogen and oxygen atoms in total. The van der Waals surface area contributed by atoms with Crippen LogP contribution in [0.5, 0.6) is 5.88 Å². The number of nitrogens with zero attached hydrogens (tertiary/aromatic N) is 2. The Bertz CT molecular complexity index is 350. The molecule has 1 aromatic heterocycles. The van der Waals surface area contributed by atoms with E-state index in [0.717, 1.165) is 0 Å². The van der Waals surface area contributed by atoms with Crippen molar-refractivity contribution >= 4 is 5.97 Å². The highest BCUT2D eigenvalue weighted by Crippen LogP contribution is 2.15. The summed E-state index contributed by atoms with van der Waals surface area (Å²) in [5, 5.41) is 8.77. The topological polar surface area (TPSA) is 72.3 Å². The molecule has 76 valence electrons. The zero-order valence-corrected chi connectivity index (χ0v) is 8.31. The highest BCUT2D eigenvalue weighted by Gasteiger charge is 2.12. The average molecular weight is 196 g/mol. The summed E-state index contributed by atoms with van der Waals surface area (Å²) in [4.78, 5) is 18.6. The molecule has 0 bridgehead atoms. The van der Waals surface area contributed by atoms with Gasteiger partial charge in [0.25, 0.3) is 0 Å². The lowest BCUT2D eigenvalue weighted by atomic mass is 10.2. The first kappa shape index (κ1) is 10.4. The maximum absolute atomic E-state index is 10.7. The number of hydrogen-bond acceptors (Lipinski definition) is 4. The van der Waals surface area contributed by atoms with Crippen LogP contribution in [0.1, 0.15) is 36.1 Å². The molecule has 0 unspecified atom stereocenters. The van der Waals surface area contributed by atoms with Gasteiger partial charge in [-0.1, -0.05) is 13.8 Å². The Kier molecular flexibility index (Phi) is 3.01. The van der Waals surface area contributed by atoms with Gasteiger partial charge in [0, 0.05) is 12.0 Å². The fourth-order valence-corrected chi connectivity index (χ4v) is 0.915. The van der Waals surface area contributed by atoms with Crippen LogP contribution in [-0.2, 0) is 0 Å². The van der Waals surface area contributed by atoms with Gasteiger partial charge in [0.2, 0.25) is 5.88 Å². The molecule has 0 aliphatic heterocycles. The molecule has 0 saturated heterocycles. The third kappa shape index (κ3) is 2.18. The molecule has 0 radical (unpaired) electrons. The predicted octanol–water partition coefficient (Wildman–Crippen LogP) is 1.31. The fourth-order valence-electron chi connectivity index (χ4n) is 0.915. The van der Waals surface area contributed by atoms with Crippen molar-refractivity contribution in [2.24, 2.45) is 0 Å². The Hall–Kier alpha value is -1.65. The van der Waals surface area contributed by atoms with E-state index >= 15 is 0 Å². The molecule has 0 atom stereocenters. The Morgan fingerprint density at radius 1 is 1.50 bits per heavy atom. The van der Waals surface area contributed by atoms with Gasteiger partial charge in [-0.25, -0.2) is 9.78 Å². The van der Waals surface area contributed by atoms with E-state index in [2.05, 4.69) is 9.97 Å². The highest BCUT2D eigenvalue weighted by molar-refractivity contribution is 5.85. The van der Waals surface area contributed by atoms with E-state index in [4.69, 9.17) is 9.84 Å². The number of carboxylic acid groups (broad SMARTS) is 1. The van der Waals surface area contributed by atoms with Gasteiger partial charge in [0.1, 0.15) is 5.82 Å². The molecule has 0 saturated carbocycles. The minimum atomic E-state index is -1.08. The summed E-state index contributed by atoms with van der Waals surface area (Å²) in [5.74, 6) is -0.251. The summed E-state index contributed by atoms with van der Waals surface area (Å²) in [6, 6.07) is 1.30. The molecule has 1 aromatic rings. The molecular weight excluding hydrogens is 184 g/mol. The van der Waals surface area contributed by atoms with Crippen LogP contribution in [0.25, 0.3) is 0 Å². The van der Waals surface area contributed by atoms with Crippen molar-refractivity contribution in [3.05, 3.63) is 17.6 Å². The Balaban J connectivity index is 3.20. The standard InChI is InChI=1S/C9H12N2O3/c1-5(2)8-10-6(9(12)13)4-7(11-8)14-3/h4-5H,1-3H3,(H,12,13). The van der Waals surface area contributed by atoms with E-state index in [1.54, 1.807) is 0 Å². The van der Waals surface area contributed by atoms with Crippen molar-refractivity contribution in [2.75, 3.05) is 7.11 Å². The molecule has 14 heavy (non-hydrogen) atoms. The van der Waals surface area contributed by atoms with E-state index < -0.39 is 5.97 Å². The second-order valence-corrected chi connectivity index (χ2v) is 3.11. The average Bonchev–Trinajstić information content (AvgIpc) is 2.16. The number of aromatic nitrogens is 2. The number of carbonyl (C=O) groups is 1. The van der Waals surface area contributed by atoms with Crippen molar-refractivity contribution in [1.82, 2.24) is 9.97 Å². The summed E-state index contributed by atoms with van der Waals surface area (Å²) in [6.07, 6.45) is 0.